The number of carbonyl (C=O) groups is 2. The Morgan fingerprint density at radius 3 is 2.38 bits per heavy atom. The minimum absolute atomic E-state index is 0.0680. The van der Waals surface area contributed by atoms with Crippen LogP contribution in [0.4, 0.5) is 4.79 Å². The summed E-state index contributed by atoms with van der Waals surface area (Å²) in [7, 11) is 0. The zero-order valence-corrected chi connectivity index (χ0v) is 9.90. The molecule has 0 radical (unpaired) electrons. The quantitative estimate of drug-likeness (QED) is 0.709. The first-order valence-electron chi connectivity index (χ1n) is 5.75. The van der Waals surface area contributed by atoms with Gasteiger partial charge >= 0.3 is 12.0 Å². The lowest BCUT2D eigenvalue weighted by Gasteiger charge is -2.16. The van der Waals surface area contributed by atoms with Gasteiger partial charge in [0.1, 0.15) is 0 Å². The van der Waals surface area contributed by atoms with Crippen LogP contribution >= 0.6 is 0 Å². The van der Waals surface area contributed by atoms with Gasteiger partial charge in [0.2, 0.25) is 0 Å². The average molecular weight is 228 g/mol. The van der Waals surface area contributed by atoms with Gasteiger partial charge in [-0.1, -0.05) is 13.8 Å². The van der Waals surface area contributed by atoms with Crippen LogP contribution in [0.25, 0.3) is 0 Å². The molecule has 1 rings (SSSR count). The lowest BCUT2D eigenvalue weighted by atomic mass is 10.0. The number of nitrogens with zero attached hydrogens (tertiary/aromatic N) is 1. The number of carboxylic acid groups (broad SMARTS) is 1. The van der Waals surface area contributed by atoms with Crippen molar-refractivity contribution in [1.29, 1.82) is 0 Å². The number of carbonyl (C=O) groups excluding carboxylic acids is 1. The van der Waals surface area contributed by atoms with Gasteiger partial charge < -0.3 is 15.3 Å². The number of carboxylic acids is 1. The van der Waals surface area contributed by atoms with E-state index in [0.717, 1.165) is 13.1 Å². The number of hydrogen-bond acceptors (Lipinski definition) is 2. The molecule has 0 aromatic carbocycles. The molecule has 16 heavy (non-hydrogen) atoms. The van der Waals surface area contributed by atoms with Crippen LogP contribution in [0, 0.1) is 11.8 Å². The Morgan fingerprint density at radius 1 is 1.31 bits per heavy atom. The van der Waals surface area contributed by atoms with Crippen LogP contribution in [-0.4, -0.2) is 41.6 Å². The van der Waals surface area contributed by atoms with Crippen LogP contribution in [-0.2, 0) is 4.79 Å². The molecule has 1 heterocycles. The lowest BCUT2D eigenvalue weighted by Crippen LogP contribution is -2.39. The molecule has 5 heteroatoms. The monoisotopic (exact) mass is 228 g/mol. The number of nitrogens with one attached hydrogen (secondary N) is 1. The van der Waals surface area contributed by atoms with E-state index in [9.17, 15) is 9.59 Å². The molecule has 2 N–H and O–H groups in total. The molecule has 2 atom stereocenters. The Balaban J connectivity index is 2.18. The summed E-state index contributed by atoms with van der Waals surface area (Å²) in [6.07, 6.45) is 0.590. The molecular formula is C11H20N2O3. The van der Waals surface area contributed by atoms with Gasteiger partial charge in [0.25, 0.3) is 0 Å². The van der Waals surface area contributed by atoms with Gasteiger partial charge in [-0.25, -0.2) is 4.79 Å². The summed E-state index contributed by atoms with van der Waals surface area (Å²) in [6, 6.07) is -0.0680. The lowest BCUT2D eigenvalue weighted by molar-refractivity contribution is -0.137. The summed E-state index contributed by atoms with van der Waals surface area (Å²) >= 11 is 0. The fourth-order valence-electron chi connectivity index (χ4n) is 1.84. The number of rotatable bonds is 4. The van der Waals surface area contributed by atoms with E-state index in [1.807, 2.05) is 0 Å². The van der Waals surface area contributed by atoms with E-state index in [4.69, 9.17) is 5.11 Å². The molecule has 1 saturated heterocycles. The number of likely N-dealkylation sites (tertiary alicyclic amines) is 1. The molecule has 0 bridgehead atoms. The van der Waals surface area contributed by atoms with E-state index in [1.165, 1.54) is 0 Å². The zero-order chi connectivity index (χ0) is 12.1. The first-order valence-corrected chi connectivity index (χ1v) is 5.75. The summed E-state index contributed by atoms with van der Waals surface area (Å²) < 4.78 is 0. The summed E-state index contributed by atoms with van der Waals surface area (Å²) in [5.41, 5.74) is 0. The largest absolute Gasteiger partial charge is 0.481 e. The number of hydrogen-bond donors (Lipinski definition) is 2. The van der Waals surface area contributed by atoms with Gasteiger partial charge in [-0.3, -0.25) is 4.79 Å². The minimum atomic E-state index is -0.822. The van der Waals surface area contributed by atoms with Gasteiger partial charge in [-0.2, -0.15) is 0 Å². The Labute approximate surface area is 95.8 Å². The highest BCUT2D eigenvalue weighted by molar-refractivity contribution is 5.74. The second-order valence-corrected chi connectivity index (χ2v) is 4.59. The number of aliphatic carboxylic acids is 1. The molecule has 0 aromatic rings. The third-order valence-corrected chi connectivity index (χ3v) is 3.12. The maximum Gasteiger partial charge on any atom is 0.317 e. The standard InChI is InChI=1S/C11H20N2O3/c1-8-6-13(7-9(8)2)11(16)12-5-3-4-10(14)15/h8-9H,3-7H2,1-2H3,(H,12,16)(H,14,15). The van der Waals surface area contributed by atoms with Crippen molar-refractivity contribution in [3.8, 4) is 0 Å². The molecule has 0 saturated carbocycles. The molecule has 0 aromatic heterocycles. The summed E-state index contributed by atoms with van der Waals surface area (Å²) in [5, 5.41) is 11.2. The van der Waals surface area contributed by atoms with Crippen molar-refractivity contribution in [2.24, 2.45) is 11.8 Å². The highest BCUT2D eigenvalue weighted by Gasteiger charge is 2.28. The van der Waals surface area contributed by atoms with Crippen molar-refractivity contribution >= 4 is 12.0 Å². The molecule has 0 aliphatic carbocycles. The van der Waals surface area contributed by atoms with Crippen LogP contribution in [0.1, 0.15) is 26.7 Å². The van der Waals surface area contributed by atoms with E-state index in [0.29, 0.717) is 24.8 Å². The SMILES string of the molecule is CC1CN(C(=O)NCCCC(=O)O)CC1C. The van der Waals surface area contributed by atoms with Gasteiger partial charge in [-0.15, -0.1) is 0 Å². The van der Waals surface area contributed by atoms with Crippen molar-refractivity contribution in [2.75, 3.05) is 19.6 Å². The van der Waals surface area contributed by atoms with Crippen LogP contribution in [0.2, 0.25) is 0 Å². The van der Waals surface area contributed by atoms with Crippen molar-refractivity contribution in [1.82, 2.24) is 10.2 Å². The number of urea groups is 1. The van der Waals surface area contributed by atoms with E-state index in [2.05, 4.69) is 19.2 Å². The van der Waals surface area contributed by atoms with Crippen LogP contribution in [0.15, 0.2) is 0 Å². The van der Waals surface area contributed by atoms with Gasteiger partial charge in [-0.05, 0) is 18.3 Å². The fourth-order valence-corrected chi connectivity index (χ4v) is 1.84. The molecular weight excluding hydrogens is 208 g/mol. The predicted molar refractivity (Wildman–Crippen MR) is 60.2 cm³/mol. The van der Waals surface area contributed by atoms with Gasteiger partial charge in [0.15, 0.2) is 0 Å². The molecule has 2 unspecified atom stereocenters. The highest BCUT2D eigenvalue weighted by Crippen LogP contribution is 2.21. The van der Waals surface area contributed by atoms with Crippen LogP contribution in [0.3, 0.4) is 0 Å². The molecule has 0 spiro atoms. The first kappa shape index (κ1) is 12.8. The predicted octanol–water partition coefficient (Wildman–Crippen LogP) is 1.15. The topological polar surface area (TPSA) is 69.6 Å². The fraction of sp³-hybridized carbons (Fsp3) is 0.818. The molecule has 1 aliphatic rings. The number of amides is 2. The van der Waals surface area contributed by atoms with E-state index in [-0.39, 0.29) is 12.5 Å². The first-order chi connectivity index (χ1) is 7.50. The molecule has 2 amide bonds. The smallest absolute Gasteiger partial charge is 0.317 e. The minimum Gasteiger partial charge on any atom is -0.481 e. The third kappa shape index (κ3) is 3.72. The second kappa shape index (κ2) is 5.72. The Hall–Kier alpha value is -1.26. The Bertz CT molecular complexity index is 258. The van der Waals surface area contributed by atoms with Crippen molar-refractivity contribution in [2.45, 2.75) is 26.7 Å². The van der Waals surface area contributed by atoms with Gasteiger partial charge in [0.05, 0.1) is 0 Å². The molecule has 1 fully saturated rings. The summed E-state index contributed by atoms with van der Waals surface area (Å²) in [6.45, 7) is 6.31. The van der Waals surface area contributed by atoms with E-state index in [1.54, 1.807) is 4.90 Å². The Kier molecular flexibility index (Phi) is 4.58. The van der Waals surface area contributed by atoms with Crippen molar-refractivity contribution in [3.63, 3.8) is 0 Å². The van der Waals surface area contributed by atoms with E-state index < -0.39 is 5.97 Å². The second-order valence-electron chi connectivity index (χ2n) is 4.59. The zero-order valence-electron chi connectivity index (χ0n) is 9.90. The summed E-state index contributed by atoms with van der Waals surface area (Å²) in [4.78, 5) is 23.7. The van der Waals surface area contributed by atoms with Crippen molar-refractivity contribution < 1.29 is 14.7 Å². The maximum atomic E-state index is 11.6. The molecule has 5 nitrogen and oxygen atoms in total. The van der Waals surface area contributed by atoms with Crippen LogP contribution < -0.4 is 5.32 Å². The average Bonchev–Trinajstić information content (AvgIpc) is 2.54. The molecule has 1 aliphatic heterocycles. The van der Waals surface area contributed by atoms with Crippen LogP contribution in [0.5, 0.6) is 0 Å². The van der Waals surface area contributed by atoms with Crippen molar-refractivity contribution in [3.05, 3.63) is 0 Å². The van der Waals surface area contributed by atoms with E-state index >= 15 is 0 Å². The molecule has 92 valence electrons. The highest BCUT2D eigenvalue weighted by atomic mass is 16.4. The Morgan fingerprint density at radius 2 is 1.88 bits per heavy atom. The maximum absolute atomic E-state index is 11.6. The normalized spacial score (nSPS) is 24.5. The summed E-state index contributed by atoms with van der Waals surface area (Å²) in [5.74, 6) is 0.271. The third-order valence-electron chi connectivity index (χ3n) is 3.12. The van der Waals surface area contributed by atoms with Gasteiger partial charge in [0, 0.05) is 26.1 Å².